The van der Waals surface area contributed by atoms with Crippen LogP contribution in [0.5, 0.6) is 0 Å². The SMILES string of the molecule is CCc1nccn1CCCNC(=O)Nc1cccn2cnnc12. The number of hydrogen-bond acceptors (Lipinski definition) is 4. The molecule has 23 heavy (non-hydrogen) atoms. The van der Waals surface area contributed by atoms with Gasteiger partial charge in [0.15, 0.2) is 5.65 Å². The van der Waals surface area contributed by atoms with Gasteiger partial charge in [0.1, 0.15) is 12.2 Å². The number of pyridine rings is 1. The highest BCUT2D eigenvalue weighted by Gasteiger charge is 2.07. The quantitative estimate of drug-likeness (QED) is 0.678. The molecule has 3 rings (SSSR count). The summed E-state index contributed by atoms with van der Waals surface area (Å²) in [6.45, 7) is 3.50. The van der Waals surface area contributed by atoms with Crippen molar-refractivity contribution in [3.8, 4) is 0 Å². The van der Waals surface area contributed by atoms with Crippen LogP contribution in [0.25, 0.3) is 5.65 Å². The molecule has 120 valence electrons. The molecule has 0 aliphatic rings. The molecule has 0 radical (unpaired) electrons. The minimum Gasteiger partial charge on any atom is -0.338 e. The number of urea groups is 1. The highest BCUT2D eigenvalue weighted by molar-refractivity contribution is 5.92. The standard InChI is InChI=1S/C15H19N7O/c1-2-13-16-7-10-21(13)9-4-6-17-15(23)19-12-5-3-8-22-11-18-20-14(12)22/h3,5,7-8,10-11H,2,4,6,9H2,1H3,(H2,17,19,23). The fourth-order valence-corrected chi connectivity index (χ4v) is 2.42. The first-order chi connectivity index (χ1) is 11.3. The average molecular weight is 313 g/mol. The van der Waals surface area contributed by atoms with Crippen LogP contribution in [0.1, 0.15) is 19.2 Å². The lowest BCUT2D eigenvalue weighted by molar-refractivity contribution is 0.252. The highest BCUT2D eigenvalue weighted by Crippen LogP contribution is 2.12. The first kappa shape index (κ1) is 15.0. The second kappa shape index (κ2) is 6.91. The predicted molar refractivity (Wildman–Crippen MR) is 86.2 cm³/mol. The second-order valence-corrected chi connectivity index (χ2v) is 5.11. The lowest BCUT2D eigenvalue weighted by Crippen LogP contribution is -2.30. The van der Waals surface area contributed by atoms with Gasteiger partial charge in [-0.25, -0.2) is 9.78 Å². The maximum atomic E-state index is 12.0. The number of nitrogens with zero attached hydrogens (tertiary/aromatic N) is 5. The number of carbonyl (C=O) groups is 1. The van der Waals surface area contributed by atoms with Crippen LogP contribution in [0.15, 0.2) is 37.1 Å². The van der Waals surface area contributed by atoms with Gasteiger partial charge in [-0.1, -0.05) is 6.92 Å². The fraction of sp³-hybridized carbons (Fsp3) is 0.333. The zero-order valence-corrected chi connectivity index (χ0v) is 12.9. The summed E-state index contributed by atoms with van der Waals surface area (Å²) in [5.41, 5.74) is 1.25. The van der Waals surface area contributed by atoms with Crippen LogP contribution in [0.4, 0.5) is 10.5 Å². The van der Waals surface area contributed by atoms with Crippen molar-refractivity contribution in [2.24, 2.45) is 0 Å². The number of rotatable bonds is 6. The molecule has 0 saturated heterocycles. The molecule has 3 aromatic rings. The molecule has 0 aromatic carbocycles. The van der Waals surface area contributed by atoms with E-state index in [0.717, 1.165) is 25.2 Å². The van der Waals surface area contributed by atoms with Crippen LogP contribution in [0.2, 0.25) is 0 Å². The number of carbonyl (C=O) groups excluding carboxylic acids is 1. The fourth-order valence-electron chi connectivity index (χ4n) is 2.42. The lowest BCUT2D eigenvalue weighted by atomic mass is 10.4. The van der Waals surface area contributed by atoms with Gasteiger partial charge >= 0.3 is 6.03 Å². The Morgan fingerprint density at radius 3 is 3.13 bits per heavy atom. The van der Waals surface area contributed by atoms with Crippen molar-refractivity contribution in [3.05, 3.63) is 42.9 Å². The number of aromatic nitrogens is 5. The third-order valence-electron chi connectivity index (χ3n) is 3.55. The average Bonchev–Trinajstić information content (AvgIpc) is 3.20. The molecule has 2 amide bonds. The van der Waals surface area contributed by atoms with Crippen LogP contribution in [0, 0.1) is 0 Å². The zero-order valence-electron chi connectivity index (χ0n) is 12.9. The molecule has 3 aromatic heterocycles. The van der Waals surface area contributed by atoms with Gasteiger partial charge in [0, 0.05) is 38.1 Å². The Bertz CT molecular complexity index is 792. The molecule has 3 heterocycles. The number of anilines is 1. The number of amides is 2. The summed E-state index contributed by atoms with van der Waals surface area (Å²) in [7, 11) is 0. The Morgan fingerprint density at radius 1 is 1.35 bits per heavy atom. The van der Waals surface area contributed by atoms with Gasteiger partial charge in [-0.3, -0.25) is 4.40 Å². The number of imidazole rings is 1. The van der Waals surface area contributed by atoms with Crippen LogP contribution in [-0.4, -0.2) is 36.7 Å². The molecule has 0 unspecified atom stereocenters. The van der Waals surface area contributed by atoms with E-state index in [4.69, 9.17) is 0 Å². The van der Waals surface area contributed by atoms with Gasteiger partial charge < -0.3 is 15.2 Å². The summed E-state index contributed by atoms with van der Waals surface area (Å²) >= 11 is 0. The molecule has 2 N–H and O–H groups in total. The predicted octanol–water partition coefficient (Wildman–Crippen LogP) is 1.70. The van der Waals surface area contributed by atoms with E-state index in [1.807, 2.05) is 18.5 Å². The van der Waals surface area contributed by atoms with Gasteiger partial charge in [-0.05, 0) is 18.6 Å². The largest absolute Gasteiger partial charge is 0.338 e. The van der Waals surface area contributed by atoms with Crippen LogP contribution in [-0.2, 0) is 13.0 Å². The minimum absolute atomic E-state index is 0.248. The van der Waals surface area contributed by atoms with Gasteiger partial charge in [0.25, 0.3) is 0 Å². The number of aryl methyl sites for hydroxylation is 2. The third-order valence-corrected chi connectivity index (χ3v) is 3.55. The Morgan fingerprint density at radius 2 is 2.26 bits per heavy atom. The molecule has 0 fully saturated rings. The van der Waals surface area contributed by atoms with Crippen molar-refractivity contribution >= 4 is 17.4 Å². The summed E-state index contributed by atoms with van der Waals surface area (Å²) in [5.74, 6) is 1.06. The van der Waals surface area contributed by atoms with E-state index in [2.05, 4.69) is 37.3 Å². The van der Waals surface area contributed by atoms with Crippen LogP contribution < -0.4 is 10.6 Å². The first-order valence-corrected chi connectivity index (χ1v) is 7.61. The molecule has 0 saturated carbocycles. The van der Waals surface area contributed by atoms with Crippen molar-refractivity contribution in [1.82, 2.24) is 29.5 Å². The van der Waals surface area contributed by atoms with E-state index in [-0.39, 0.29) is 6.03 Å². The lowest BCUT2D eigenvalue weighted by Gasteiger charge is -2.09. The van der Waals surface area contributed by atoms with Crippen molar-refractivity contribution in [2.75, 3.05) is 11.9 Å². The molecular formula is C15H19N7O. The maximum Gasteiger partial charge on any atom is 0.319 e. The Labute approximate surface area is 133 Å². The monoisotopic (exact) mass is 313 g/mol. The van der Waals surface area contributed by atoms with Crippen molar-refractivity contribution in [2.45, 2.75) is 26.3 Å². The molecule has 0 aliphatic carbocycles. The molecule has 8 heteroatoms. The van der Waals surface area contributed by atoms with Gasteiger partial charge in [-0.15, -0.1) is 10.2 Å². The minimum atomic E-state index is -0.248. The molecule has 8 nitrogen and oxygen atoms in total. The van der Waals surface area contributed by atoms with Gasteiger partial charge in [0.05, 0.1) is 5.69 Å². The molecule has 0 spiro atoms. The maximum absolute atomic E-state index is 12.0. The van der Waals surface area contributed by atoms with Crippen LogP contribution >= 0.6 is 0 Å². The molecule has 0 bridgehead atoms. The van der Waals surface area contributed by atoms with E-state index < -0.39 is 0 Å². The second-order valence-electron chi connectivity index (χ2n) is 5.11. The summed E-state index contributed by atoms with van der Waals surface area (Å²) in [5, 5.41) is 13.4. The van der Waals surface area contributed by atoms with Crippen molar-refractivity contribution in [1.29, 1.82) is 0 Å². The zero-order chi connectivity index (χ0) is 16.1. The summed E-state index contributed by atoms with van der Waals surface area (Å²) < 4.78 is 3.86. The highest BCUT2D eigenvalue weighted by atomic mass is 16.2. The van der Waals surface area contributed by atoms with Crippen molar-refractivity contribution < 1.29 is 4.79 Å². The third kappa shape index (κ3) is 3.47. The molecular weight excluding hydrogens is 294 g/mol. The van der Waals surface area contributed by atoms with E-state index in [9.17, 15) is 4.79 Å². The Balaban J connectivity index is 1.47. The molecule has 0 aliphatic heterocycles. The molecule has 0 atom stereocenters. The normalized spacial score (nSPS) is 10.8. The van der Waals surface area contributed by atoms with E-state index in [0.29, 0.717) is 17.9 Å². The number of hydrogen-bond donors (Lipinski definition) is 2. The Hall–Kier alpha value is -2.90. The van der Waals surface area contributed by atoms with E-state index >= 15 is 0 Å². The summed E-state index contributed by atoms with van der Waals surface area (Å²) in [4.78, 5) is 16.2. The Kier molecular flexibility index (Phi) is 4.51. The summed E-state index contributed by atoms with van der Waals surface area (Å²) in [6.07, 6.45) is 8.93. The van der Waals surface area contributed by atoms with Crippen LogP contribution in [0.3, 0.4) is 0 Å². The van der Waals surface area contributed by atoms with Gasteiger partial charge in [0.2, 0.25) is 0 Å². The first-order valence-electron chi connectivity index (χ1n) is 7.61. The van der Waals surface area contributed by atoms with Gasteiger partial charge in [-0.2, -0.15) is 0 Å². The van der Waals surface area contributed by atoms with E-state index in [1.54, 1.807) is 23.0 Å². The smallest absolute Gasteiger partial charge is 0.319 e. The summed E-state index contributed by atoms with van der Waals surface area (Å²) in [6, 6.07) is 3.38. The number of nitrogens with one attached hydrogen (secondary N) is 2. The number of fused-ring (bicyclic) bond motifs is 1. The topological polar surface area (TPSA) is 89.1 Å². The van der Waals surface area contributed by atoms with E-state index in [1.165, 1.54) is 0 Å². The van der Waals surface area contributed by atoms with Crippen molar-refractivity contribution in [3.63, 3.8) is 0 Å².